The first kappa shape index (κ1) is 56.0. The Kier molecular flexibility index (Phi) is 22.2. The van der Waals surface area contributed by atoms with Crippen LogP contribution in [0.1, 0.15) is 40.5 Å². The number of aliphatic hydroxyl groups is 15. The second-order valence-electron chi connectivity index (χ2n) is 15.4. The molecule has 28 nitrogen and oxygen atoms in total. The molecule has 0 aromatic carbocycles. The number of ether oxygens (including phenoxy) is 7. The van der Waals surface area contributed by atoms with Crippen LogP contribution in [0.4, 0.5) is 0 Å². The lowest BCUT2D eigenvalue weighted by Crippen LogP contribution is -2.68. The average Bonchev–Trinajstić information content (AvgIpc) is 3.24. The Bertz CT molecular complexity index is 1610. The van der Waals surface area contributed by atoms with Crippen LogP contribution in [0, 0.1) is 0 Å². The van der Waals surface area contributed by atoms with Crippen LogP contribution in [0.3, 0.4) is 0 Å². The molecule has 0 aromatic rings. The molecule has 65 heavy (non-hydrogen) atoms. The molecule has 28 heteroatoms. The second-order valence-corrected chi connectivity index (χ2v) is 15.4. The summed E-state index contributed by atoms with van der Waals surface area (Å²) in [6.45, 7) is 0.216. The predicted molar refractivity (Wildman–Crippen MR) is 208 cm³/mol. The van der Waals surface area contributed by atoms with E-state index in [0.717, 1.165) is 20.8 Å². The number of amides is 3. The lowest BCUT2D eigenvalue weighted by atomic mass is 9.95. The maximum atomic E-state index is 12.3. The minimum absolute atomic E-state index is 0.395. The minimum atomic E-state index is -2.42. The van der Waals surface area contributed by atoms with Crippen molar-refractivity contribution in [2.45, 2.75) is 157 Å². The highest BCUT2D eigenvalue weighted by Gasteiger charge is 2.53. The molecule has 0 aliphatic carbocycles. The Labute approximate surface area is 370 Å². The Morgan fingerprint density at radius 3 is 1.69 bits per heavy atom. The van der Waals surface area contributed by atoms with Crippen molar-refractivity contribution in [1.29, 1.82) is 0 Å². The Morgan fingerprint density at radius 2 is 1.15 bits per heavy atom. The fourth-order valence-corrected chi connectivity index (χ4v) is 6.98. The smallest absolute Gasteiger partial charge is 0.221 e. The first-order valence-corrected chi connectivity index (χ1v) is 20.3. The van der Waals surface area contributed by atoms with Gasteiger partial charge in [0, 0.05) is 46.8 Å². The Hall–Kier alpha value is -3.31. The van der Waals surface area contributed by atoms with Crippen molar-refractivity contribution in [3.05, 3.63) is 22.9 Å². The summed E-state index contributed by atoms with van der Waals surface area (Å²) in [7, 11) is 0. The van der Waals surface area contributed by atoms with E-state index in [4.69, 9.17) is 38.3 Å². The van der Waals surface area contributed by atoms with Gasteiger partial charge >= 0.3 is 0 Å². The molecule has 9 unspecified atom stereocenters. The number of hydrogen-bond acceptors (Lipinski definition) is 25. The van der Waals surface area contributed by atoms with Crippen molar-refractivity contribution in [3.8, 4) is 0 Å². The van der Waals surface area contributed by atoms with E-state index in [-0.39, 0.29) is 0 Å². The van der Waals surface area contributed by atoms with E-state index in [1.54, 1.807) is 0 Å². The zero-order chi connectivity index (χ0) is 49.0. The summed E-state index contributed by atoms with van der Waals surface area (Å²) in [5.74, 6) is -4.19. The third-order valence-corrected chi connectivity index (χ3v) is 10.3. The lowest BCUT2D eigenvalue weighted by Gasteiger charge is -2.48. The lowest BCUT2D eigenvalue weighted by molar-refractivity contribution is -0.362. The van der Waals surface area contributed by atoms with Crippen molar-refractivity contribution in [1.82, 2.24) is 16.0 Å². The van der Waals surface area contributed by atoms with Crippen molar-refractivity contribution < 1.29 is 124 Å². The highest BCUT2D eigenvalue weighted by atomic mass is 16.8. The van der Waals surface area contributed by atoms with Gasteiger partial charge < -0.3 is 126 Å². The molecule has 3 heterocycles. The first-order valence-electron chi connectivity index (χ1n) is 20.3. The van der Waals surface area contributed by atoms with Crippen LogP contribution < -0.4 is 16.0 Å². The summed E-state index contributed by atoms with van der Waals surface area (Å²) < 4.78 is 39.8. The third kappa shape index (κ3) is 14.6. The molecule has 3 aliphatic heterocycles. The maximum Gasteiger partial charge on any atom is 0.221 e. The van der Waals surface area contributed by atoms with Crippen LogP contribution in [0.15, 0.2) is 22.9 Å². The van der Waals surface area contributed by atoms with Crippen LogP contribution in [-0.4, -0.2) is 244 Å². The van der Waals surface area contributed by atoms with E-state index in [0.29, 0.717) is 0 Å². The van der Waals surface area contributed by atoms with Gasteiger partial charge in [-0.25, -0.2) is 0 Å². The van der Waals surface area contributed by atoms with Crippen LogP contribution in [-0.2, 0) is 47.5 Å². The highest BCUT2D eigenvalue weighted by molar-refractivity contribution is 5.75. The van der Waals surface area contributed by atoms with E-state index >= 15 is 0 Å². The van der Waals surface area contributed by atoms with E-state index in [1.165, 1.54) is 6.92 Å². The Balaban J connectivity index is 1.90. The van der Waals surface area contributed by atoms with Gasteiger partial charge in [0.2, 0.25) is 24.0 Å². The van der Waals surface area contributed by atoms with Crippen molar-refractivity contribution in [3.63, 3.8) is 0 Å². The molecule has 0 spiro atoms. The van der Waals surface area contributed by atoms with Gasteiger partial charge in [-0.1, -0.05) is 0 Å². The molecule has 0 aromatic heterocycles. The fraction of sp³-hybridized carbons (Fsp3) is 0.811. The Morgan fingerprint density at radius 1 is 0.600 bits per heavy atom. The van der Waals surface area contributed by atoms with E-state index in [1.807, 2.05) is 5.32 Å². The SMILES string of the molecule is CC(=O)N/C(=C(\O)[C@@H](CCO)O[C@@H]1OC(CO)[C@@H](O[C@@H]2OC(CO[C@H]3OC(CO)[C@@H](O)C(O)C3O[C@H](O)/C(NC(C)=O)=C(/O)[C@H](O)CCO)[C@@H](O)C(O)C2O)C(O)C1NC(C)=O)[C@H](C)O. The van der Waals surface area contributed by atoms with Gasteiger partial charge in [-0.15, -0.1) is 0 Å². The molecule has 0 saturated carbocycles. The van der Waals surface area contributed by atoms with E-state index in [2.05, 4.69) is 10.6 Å². The average molecular weight is 950 g/mol. The van der Waals surface area contributed by atoms with Gasteiger partial charge in [-0.05, 0) is 6.92 Å². The number of aliphatic hydroxyl groups excluding tert-OH is 15. The van der Waals surface area contributed by atoms with Gasteiger partial charge in [0.25, 0.3) is 0 Å². The minimum Gasteiger partial charge on any atom is -0.508 e. The van der Waals surface area contributed by atoms with Gasteiger partial charge in [-0.2, -0.15) is 0 Å². The normalized spacial score (nSPS) is 35.7. The second kappa shape index (κ2) is 25.7. The van der Waals surface area contributed by atoms with Gasteiger partial charge in [0.15, 0.2) is 18.9 Å². The van der Waals surface area contributed by atoms with Gasteiger partial charge in [0.1, 0.15) is 103 Å². The molecule has 3 aliphatic rings. The predicted octanol–water partition coefficient (Wildman–Crippen LogP) is -8.38. The maximum absolute atomic E-state index is 12.3. The summed E-state index contributed by atoms with van der Waals surface area (Å²) in [6.07, 6.45) is -34.8. The van der Waals surface area contributed by atoms with Crippen LogP contribution in [0.25, 0.3) is 0 Å². The summed E-state index contributed by atoms with van der Waals surface area (Å²) in [5.41, 5.74) is -1.27. The van der Waals surface area contributed by atoms with Crippen LogP contribution in [0.2, 0.25) is 0 Å². The first-order chi connectivity index (χ1) is 30.5. The standard InChI is InChI=1S/C37H63N3O25/c1-12(45)21(38-13(2)46)25(51)17(6-8-42)60-35-23(40-15(4)48)28(54)32(19(10-44)62-35)65-36-31(57)29(55)27(53)20(63-36)11-59-37-33(30(56)26(52)18(9-43)61-37)64-34(58)22(39-14(3)47)24(50)16(49)5-7-41/h12,16-20,23,26-37,41-45,49-58H,5-11H2,1-4H3,(H,38,46)(H,39,47)(H,40,48)/b24-22-,25-21-/t12-,16+,17+,18?,19?,20?,23?,26+,27+,28?,29?,30?,31?,32+,33?,34-,35+,36-,37-/m0/s1. The van der Waals surface area contributed by atoms with Crippen LogP contribution in [0.5, 0.6) is 0 Å². The zero-order valence-electron chi connectivity index (χ0n) is 35.7. The van der Waals surface area contributed by atoms with E-state index < -0.39 is 203 Å². The summed E-state index contributed by atoms with van der Waals surface area (Å²) in [6, 6.07) is -1.64. The zero-order valence-corrected chi connectivity index (χ0v) is 35.7. The molecule has 19 atom stereocenters. The fourth-order valence-electron chi connectivity index (χ4n) is 6.98. The van der Waals surface area contributed by atoms with Crippen molar-refractivity contribution in [2.24, 2.45) is 0 Å². The molecule has 3 amide bonds. The summed E-state index contributed by atoms with van der Waals surface area (Å²) >= 11 is 0. The third-order valence-electron chi connectivity index (χ3n) is 10.3. The molecule has 0 radical (unpaired) electrons. The van der Waals surface area contributed by atoms with Crippen LogP contribution >= 0.6 is 0 Å². The molecule has 18 N–H and O–H groups in total. The molecule has 3 rings (SSSR count). The topological polar surface area (TPSA) is 455 Å². The van der Waals surface area contributed by atoms with Gasteiger partial charge in [-0.3, -0.25) is 14.4 Å². The molecule has 3 fully saturated rings. The number of carbonyl (C=O) groups excluding carboxylic acids is 3. The monoisotopic (exact) mass is 949 g/mol. The number of hydrogen-bond donors (Lipinski definition) is 18. The molecule has 3 saturated heterocycles. The molecule has 376 valence electrons. The molecule has 0 bridgehead atoms. The number of carbonyl (C=O) groups is 3. The summed E-state index contributed by atoms with van der Waals surface area (Å²) in [5, 5.41) is 164. The van der Waals surface area contributed by atoms with Gasteiger partial charge in [0.05, 0.1) is 31.6 Å². The number of nitrogens with one attached hydrogen (secondary N) is 3. The molecular formula is C37H63N3O25. The van der Waals surface area contributed by atoms with E-state index in [9.17, 15) is 85.9 Å². The largest absolute Gasteiger partial charge is 0.508 e. The number of rotatable bonds is 22. The van der Waals surface area contributed by atoms with Crippen molar-refractivity contribution >= 4 is 17.7 Å². The summed E-state index contributed by atoms with van der Waals surface area (Å²) in [4.78, 5) is 36.0. The van der Waals surface area contributed by atoms with Crippen molar-refractivity contribution in [2.75, 3.05) is 33.0 Å². The molecular weight excluding hydrogens is 886 g/mol. The highest BCUT2D eigenvalue weighted by Crippen LogP contribution is 2.33. The quantitative estimate of drug-likeness (QED) is 0.0354.